The van der Waals surface area contributed by atoms with Gasteiger partial charge in [0.25, 0.3) is 0 Å². The van der Waals surface area contributed by atoms with E-state index < -0.39 is 113 Å². The second-order valence-corrected chi connectivity index (χ2v) is 16.0. The van der Waals surface area contributed by atoms with Crippen LogP contribution in [0.1, 0.15) is 31.7 Å². The van der Waals surface area contributed by atoms with Gasteiger partial charge in [0.15, 0.2) is 35.1 Å². The Bertz CT molecular complexity index is 2160. The molecular weight excluding hydrogens is 840 g/mol. The number of phosphoric acid groups is 2. The molecule has 10 atom stereocenters. The lowest BCUT2D eigenvalue weighted by molar-refractivity contribution is -0.160. The maximum atomic E-state index is 13.6. The molecule has 26 nitrogen and oxygen atoms in total. The van der Waals surface area contributed by atoms with Crippen LogP contribution in [0.25, 0.3) is 11.2 Å². The highest BCUT2D eigenvalue weighted by Crippen LogP contribution is 2.50. The molecule has 5 heterocycles. The number of carbonyl (C=O) groups excluding carboxylic acids is 3. The first-order chi connectivity index (χ1) is 27.3. The normalized spacial score (nSPS) is 26.2. The molecule has 58 heavy (non-hydrogen) atoms. The number of nitrogens with zero attached hydrogens (tertiary/aromatic N) is 6. The minimum Gasteiger partial charge on any atom is -0.455 e. The molecule has 1 amide bonds. The first-order valence-corrected chi connectivity index (χ1v) is 21.1. The highest BCUT2D eigenvalue weighted by atomic mass is 32.2. The standard InChI is InChI=1S/C29H39N9O17P2S/c1-3-4-5-17(39)35-13(8-18(40)58-2)28(43)54-22-14(52-27(20(22)41)38-12-34-19-24(31)32-11-33-25(19)38)10-51-57(48,49)55-23-15(9-50-56(45,46)47)53-26(21(23)42)37-7-6-16(30)36-29(37)44/h3,6-7,11-15,20-23,26-27,41-42H,1,4-5,8-10H2,2H3,(H,35,39)(H,48,49)(H2,30,36,44)(H2,31,32,33)(H2,45,46,47)/t13?,14-,15+,20+,21+,22+,23+,26+,27+/m0/s1. The fraction of sp³-hybridized carbons (Fsp3) is 0.517. The van der Waals surface area contributed by atoms with Crippen molar-refractivity contribution in [1.29, 1.82) is 0 Å². The molecule has 0 bridgehead atoms. The van der Waals surface area contributed by atoms with E-state index in [0.717, 1.165) is 34.9 Å². The van der Waals surface area contributed by atoms with Crippen molar-refractivity contribution in [2.75, 3.05) is 30.9 Å². The Balaban J connectivity index is 1.40. The molecular formula is C29H39N9O17P2S. The van der Waals surface area contributed by atoms with E-state index in [0.29, 0.717) is 0 Å². The number of hydrogen-bond acceptors (Lipinski definition) is 21. The number of aliphatic hydroxyl groups excluding tert-OH is 2. The number of phosphoric ester groups is 2. The number of nitrogens with one attached hydrogen (secondary N) is 1. The Morgan fingerprint density at radius 2 is 1.69 bits per heavy atom. The molecule has 2 saturated heterocycles. The highest BCUT2D eigenvalue weighted by molar-refractivity contribution is 8.13. The number of amides is 1. The van der Waals surface area contributed by atoms with E-state index in [1.165, 1.54) is 23.2 Å². The molecule has 2 aliphatic heterocycles. The van der Waals surface area contributed by atoms with Gasteiger partial charge in [-0.3, -0.25) is 32.3 Å². The van der Waals surface area contributed by atoms with E-state index in [1.54, 1.807) is 0 Å². The second kappa shape index (κ2) is 18.8. The summed E-state index contributed by atoms with van der Waals surface area (Å²) >= 11 is 0.777. The zero-order chi connectivity index (χ0) is 42.5. The zero-order valence-corrected chi connectivity index (χ0v) is 32.7. The number of imidazole rings is 1. The van der Waals surface area contributed by atoms with Gasteiger partial charge in [-0.05, 0) is 18.7 Å². The molecule has 2 unspecified atom stereocenters. The number of fused-ring (bicyclic) bond motifs is 1. The van der Waals surface area contributed by atoms with Crippen LogP contribution < -0.4 is 22.5 Å². The van der Waals surface area contributed by atoms with Crippen LogP contribution >= 0.6 is 27.4 Å². The summed E-state index contributed by atoms with van der Waals surface area (Å²) in [5.74, 6) is -2.05. The third-order valence-corrected chi connectivity index (χ3v) is 10.6. The lowest BCUT2D eigenvalue weighted by Crippen LogP contribution is -2.47. The van der Waals surface area contributed by atoms with Gasteiger partial charge in [0.05, 0.1) is 19.5 Å². The Hall–Kier alpha value is -4.21. The number of allylic oxidation sites excluding steroid dienone is 1. The predicted octanol–water partition coefficient (Wildman–Crippen LogP) is -1.98. The van der Waals surface area contributed by atoms with Gasteiger partial charge in [0, 0.05) is 19.0 Å². The van der Waals surface area contributed by atoms with Gasteiger partial charge in [-0.2, -0.15) is 4.98 Å². The summed E-state index contributed by atoms with van der Waals surface area (Å²) in [5, 5.41) is 24.5. The molecule has 2 fully saturated rings. The number of ether oxygens (including phenoxy) is 3. The number of thioether (sulfide) groups is 1. The van der Waals surface area contributed by atoms with E-state index in [2.05, 4.69) is 36.4 Å². The van der Waals surface area contributed by atoms with Crippen LogP contribution in [-0.2, 0) is 51.3 Å². The highest BCUT2D eigenvalue weighted by Gasteiger charge is 2.52. The van der Waals surface area contributed by atoms with Crippen LogP contribution in [-0.4, -0.2) is 133 Å². The molecule has 3 aromatic rings. The minimum absolute atomic E-state index is 0.0340. The van der Waals surface area contributed by atoms with E-state index >= 15 is 0 Å². The molecule has 3 aromatic heterocycles. The van der Waals surface area contributed by atoms with E-state index in [9.17, 15) is 53.2 Å². The number of nitrogens with two attached hydrogens (primary N) is 2. The lowest BCUT2D eigenvalue weighted by atomic mass is 10.1. The average Bonchev–Trinajstić information content (AvgIpc) is 3.81. The molecule has 2 aliphatic rings. The van der Waals surface area contributed by atoms with Gasteiger partial charge in [-0.15, -0.1) is 6.58 Å². The van der Waals surface area contributed by atoms with Crippen LogP contribution in [0.5, 0.6) is 0 Å². The lowest BCUT2D eigenvalue weighted by Gasteiger charge is -2.26. The summed E-state index contributed by atoms with van der Waals surface area (Å²) in [4.78, 5) is 95.9. The third kappa shape index (κ3) is 10.9. The molecule has 0 spiro atoms. The Morgan fingerprint density at radius 1 is 1.03 bits per heavy atom. The van der Waals surface area contributed by atoms with Crippen molar-refractivity contribution >= 4 is 67.2 Å². The molecule has 318 valence electrons. The molecule has 29 heteroatoms. The number of rotatable bonds is 18. The van der Waals surface area contributed by atoms with Crippen molar-refractivity contribution in [3.63, 3.8) is 0 Å². The van der Waals surface area contributed by atoms with Crippen LogP contribution in [0.4, 0.5) is 11.6 Å². The number of anilines is 2. The monoisotopic (exact) mass is 879 g/mol. The summed E-state index contributed by atoms with van der Waals surface area (Å²) in [7, 11) is -10.6. The molecule has 0 radical (unpaired) electrons. The summed E-state index contributed by atoms with van der Waals surface area (Å²) in [6, 6.07) is -0.389. The molecule has 0 saturated carbocycles. The maximum absolute atomic E-state index is 13.6. The van der Waals surface area contributed by atoms with Gasteiger partial charge < -0.3 is 55.9 Å². The van der Waals surface area contributed by atoms with Crippen LogP contribution in [0.2, 0.25) is 0 Å². The van der Waals surface area contributed by atoms with Gasteiger partial charge in [0.2, 0.25) is 5.91 Å². The van der Waals surface area contributed by atoms with Crippen molar-refractivity contribution in [2.45, 2.75) is 74.4 Å². The zero-order valence-electron chi connectivity index (χ0n) is 30.1. The molecule has 5 rings (SSSR count). The van der Waals surface area contributed by atoms with E-state index in [1.807, 2.05) is 0 Å². The van der Waals surface area contributed by atoms with Crippen LogP contribution in [0, 0.1) is 0 Å². The summed E-state index contributed by atoms with van der Waals surface area (Å²) in [6.07, 6.45) is -8.23. The second-order valence-electron chi connectivity index (χ2n) is 12.5. The van der Waals surface area contributed by atoms with Gasteiger partial charge in [-0.1, -0.05) is 17.8 Å². The minimum atomic E-state index is -5.43. The fourth-order valence-corrected chi connectivity index (χ4v) is 7.44. The Labute approximate surface area is 330 Å². The van der Waals surface area contributed by atoms with Gasteiger partial charge >= 0.3 is 27.3 Å². The number of hydrogen-bond donors (Lipinski definition) is 8. The number of aromatic nitrogens is 6. The number of nitrogen functional groups attached to an aromatic ring is 2. The van der Waals surface area contributed by atoms with E-state index in [4.69, 9.17) is 34.7 Å². The largest absolute Gasteiger partial charge is 0.472 e. The average molecular weight is 880 g/mol. The maximum Gasteiger partial charge on any atom is 0.472 e. The first kappa shape index (κ1) is 44.9. The molecule has 0 aliphatic carbocycles. The van der Waals surface area contributed by atoms with Gasteiger partial charge in [-0.25, -0.2) is 33.7 Å². The Kier molecular flexibility index (Phi) is 14.5. The third-order valence-electron chi connectivity index (χ3n) is 8.52. The quantitative estimate of drug-likeness (QED) is 0.0390. The van der Waals surface area contributed by atoms with Crippen molar-refractivity contribution in [3.8, 4) is 0 Å². The van der Waals surface area contributed by atoms with Crippen molar-refractivity contribution < 1.29 is 76.2 Å². The molecule has 10 N–H and O–H groups in total. The first-order valence-electron chi connectivity index (χ1n) is 16.8. The van der Waals surface area contributed by atoms with Crippen LogP contribution in [0.3, 0.4) is 0 Å². The number of aliphatic hydroxyl groups is 2. The van der Waals surface area contributed by atoms with Crippen molar-refractivity contribution in [2.24, 2.45) is 0 Å². The van der Waals surface area contributed by atoms with E-state index in [-0.39, 0.29) is 35.6 Å². The van der Waals surface area contributed by atoms with Crippen molar-refractivity contribution in [1.82, 2.24) is 34.4 Å². The SMILES string of the molecule is C=CCCC(=O)NC(CC(=O)SC)C(=O)O[C@H]1[C@@H](O)[C@H](n2cnc3c(N)ncnc32)O[C@H]1COP(=O)(O)O[C@H]1[C@@H](O)[C@H](n2ccc(N)nc2=O)O[C@@H]1COP(=O)(O)O. The smallest absolute Gasteiger partial charge is 0.455 e. The topological polar surface area (TPSA) is 384 Å². The molecule has 0 aromatic carbocycles. The van der Waals surface area contributed by atoms with Crippen molar-refractivity contribution in [3.05, 3.63) is 48.1 Å². The van der Waals surface area contributed by atoms with Crippen LogP contribution in [0.15, 0.2) is 42.4 Å². The number of carbonyl (C=O) groups is 3. The summed E-state index contributed by atoms with van der Waals surface area (Å²) in [6.45, 7) is 1.49. The van der Waals surface area contributed by atoms with Gasteiger partial charge in [0.1, 0.15) is 54.2 Å². The number of esters is 1. The Morgan fingerprint density at radius 3 is 2.34 bits per heavy atom. The predicted molar refractivity (Wildman–Crippen MR) is 196 cm³/mol. The summed E-state index contributed by atoms with van der Waals surface area (Å²) in [5.41, 5.74) is 10.5. The summed E-state index contributed by atoms with van der Waals surface area (Å²) < 4.78 is 58.8. The fourth-order valence-electron chi connectivity index (χ4n) is 5.80.